The smallest absolute Gasteiger partial charge is 0.323 e. The van der Waals surface area contributed by atoms with Crippen molar-refractivity contribution in [3.05, 3.63) is 78.9 Å². The van der Waals surface area contributed by atoms with E-state index in [0.29, 0.717) is 22.7 Å². The maximum Gasteiger partial charge on any atom is 0.323 e. The fraction of sp³-hybridized carbons (Fsp3) is 0.0476. The Morgan fingerprint density at radius 2 is 1.23 bits per heavy atom. The van der Waals surface area contributed by atoms with E-state index in [2.05, 4.69) is 20.7 Å². The average Bonchev–Trinajstić information content (AvgIpc) is 2.68. The summed E-state index contributed by atoms with van der Waals surface area (Å²) < 4.78 is 27.7. The number of hydrogen-bond donors (Lipinski definition) is 4. The van der Waals surface area contributed by atoms with Crippen molar-refractivity contribution in [2.45, 2.75) is 11.8 Å². The minimum absolute atomic E-state index is 0.0387. The Morgan fingerprint density at radius 1 is 0.667 bits per heavy atom. The highest BCUT2D eigenvalue weighted by molar-refractivity contribution is 7.92. The largest absolute Gasteiger partial charge is 0.326 e. The Morgan fingerprint density at radius 3 is 1.90 bits per heavy atom. The van der Waals surface area contributed by atoms with Crippen molar-refractivity contribution in [3.8, 4) is 0 Å². The SMILES string of the molecule is CC(=O)Nc1ccc(S(=O)(=O)Nc2cccc(NC(=O)Nc3ccccc3)c2)cc1. The van der Waals surface area contributed by atoms with Crippen LogP contribution in [0.2, 0.25) is 0 Å². The molecule has 0 fully saturated rings. The molecule has 8 nitrogen and oxygen atoms in total. The molecule has 3 aromatic rings. The van der Waals surface area contributed by atoms with Crippen LogP contribution in [0.1, 0.15) is 6.92 Å². The van der Waals surface area contributed by atoms with Crippen LogP contribution < -0.4 is 20.7 Å². The number of anilines is 4. The average molecular weight is 424 g/mol. The van der Waals surface area contributed by atoms with Crippen molar-refractivity contribution in [1.82, 2.24) is 0 Å². The van der Waals surface area contributed by atoms with Gasteiger partial charge in [0.05, 0.1) is 10.6 Å². The first-order valence-corrected chi connectivity index (χ1v) is 10.4. The lowest BCUT2D eigenvalue weighted by Crippen LogP contribution is -2.19. The molecule has 0 bridgehead atoms. The first-order chi connectivity index (χ1) is 14.3. The number of amides is 3. The summed E-state index contributed by atoms with van der Waals surface area (Å²) in [5, 5.41) is 7.92. The molecule has 3 aromatic carbocycles. The summed E-state index contributed by atoms with van der Waals surface area (Å²) in [6, 6.07) is 20.6. The second-order valence-electron chi connectivity index (χ2n) is 6.34. The van der Waals surface area contributed by atoms with Gasteiger partial charge in [-0.3, -0.25) is 9.52 Å². The molecule has 0 spiro atoms. The van der Waals surface area contributed by atoms with E-state index in [-0.39, 0.29) is 10.8 Å². The Labute approximate surface area is 174 Å². The molecule has 0 aliphatic heterocycles. The summed E-state index contributed by atoms with van der Waals surface area (Å²) in [5.74, 6) is -0.246. The first kappa shape index (κ1) is 20.9. The van der Waals surface area contributed by atoms with Crippen molar-refractivity contribution in [2.24, 2.45) is 0 Å². The molecule has 0 radical (unpaired) electrons. The summed E-state index contributed by atoms with van der Waals surface area (Å²) in [7, 11) is -3.84. The number of nitrogens with one attached hydrogen (secondary N) is 4. The third-order valence-electron chi connectivity index (χ3n) is 3.89. The van der Waals surface area contributed by atoms with Gasteiger partial charge < -0.3 is 16.0 Å². The van der Waals surface area contributed by atoms with Gasteiger partial charge in [-0.15, -0.1) is 0 Å². The van der Waals surface area contributed by atoms with Crippen LogP contribution in [0.5, 0.6) is 0 Å². The van der Waals surface area contributed by atoms with E-state index >= 15 is 0 Å². The summed E-state index contributed by atoms with van der Waals surface area (Å²) in [4.78, 5) is 23.2. The standard InChI is InChI=1S/C21H20N4O4S/c1-15(26)22-17-10-12-20(13-11-17)30(28,29)25-19-9-5-8-18(14-19)24-21(27)23-16-6-3-2-4-7-16/h2-14,25H,1H3,(H,22,26)(H2,23,24,27). The summed E-state index contributed by atoms with van der Waals surface area (Å²) in [6.45, 7) is 1.37. The van der Waals surface area contributed by atoms with Crippen LogP contribution in [-0.4, -0.2) is 20.4 Å². The van der Waals surface area contributed by atoms with E-state index in [0.717, 1.165) is 0 Å². The number of rotatable bonds is 6. The number of para-hydroxylation sites is 1. The molecular formula is C21H20N4O4S. The molecule has 0 aromatic heterocycles. The Hall–Kier alpha value is -3.85. The molecule has 0 aliphatic carbocycles. The monoisotopic (exact) mass is 424 g/mol. The maximum atomic E-state index is 12.6. The van der Waals surface area contributed by atoms with Crippen LogP contribution in [0.3, 0.4) is 0 Å². The van der Waals surface area contributed by atoms with Gasteiger partial charge in [0.2, 0.25) is 5.91 Å². The molecular weight excluding hydrogens is 404 g/mol. The van der Waals surface area contributed by atoms with Crippen LogP contribution in [0.25, 0.3) is 0 Å². The highest BCUT2D eigenvalue weighted by atomic mass is 32.2. The molecule has 0 atom stereocenters. The molecule has 154 valence electrons. The van der Waals surface area contributed by atoms with E-state index in [1.165, 1.54) is 37.3 Å². The predicted molar refractivity (Wildman–Crippen MR) is 117 cm³/mol. The topological polar surface area (TPSA) is 116 Å². The molecule has 4 N–H and O–H groups in total. The maximum absolute atomic E-state index is 12.6. The van der Waals surface area contributed by atoms with Gasteiger partial charge in [-0.25, -0.2) is 13.2 Å². The van der Waals surface area contributed by atoms with Crippen LogP contribution >= 0.6 is 0 Å². The fourth-order valence-corrected chi connectivity index (χ4v) is 3.66. The van der Waals surface area contributed by atoms with Gasteiger partial charge in [-0.05, 0) is 54.6 Å². The lowest BCUT2D eigenvalue weighted by molar-refractivity contribution is -0.114. The van der Waals surface area contributed by atoms with Crippen LogP contribution in [0.4, 0.5) is 27.5 Å². The van der Waals surface area contributed by atoms with E-state index in [4.69, 9.17) is 0 Å². The van der Waals surface area contributed by atoms with Gasteiger partial charge in [0.1, 0.15) is 0 Å². The summed E-state index contributed by atoms with van der Waals surface area (Å²) in [6.07, 6.45) is 0. The van der Waals surface area contributed by atoms with Crippen molar-refractivity contribution in [3.63, 3.8) is 0 Å². The number of sulfonamides is 1. The first-order valence-electron chi connectivity index (χ1n) is 8.95. The van der Waals surface area contributed by atoms with Gasteiger partial charge in [0.25, 0.3) is 10.0 Å². The van der Waals surface area contributed by atoms with Crippen molar-refractivity contribution < 1.29 is 18.0 Å². The second-order valence-corrected chi connectivity index (χ2v) is 8.02. The van der Waals surface area contributed by atoms with Gasteiger partial charge in [0, 0.05) is 24.0 Å². The minimum Gasteiger partial charge on any atom is -0.326 e. The molecule has 0 saturated carbocycles. The summed E-state index contributed by atoms with van der Waals surface area (Å²) >= 11 is 0. The second kappa shape index (κ2) is 9.10. The molecule has 0 saturated heterocycles. The molecule has 0 unspecified atom stereocenters. The lowest BCUT2D eigenvalue weighted by atomic mass is 10.3. The van der Waals surface area contributed by atoms with E-state index < -0.39 is 16.1 Å². The van der Waals surface area contributed by atoms with Gasteiger partial charge >= 0.3 is 6.03 Å². The zero-order chi connectivity index (χ0) is 21.6. The molecule has 3 rings (SSSR count). The van der Waals surface area contributed by atoms with Crippen LogP contribution in [0, 0.1) is 0 Å². The number of hydrogen-bond acceptors (Lipinski definition) is 4. The van der Waals surface area contributed by atoms with Crippen molar-refractivity contribution in [2.75, 3.05) is 20.7 Å². The molecule has 9 heteroatoms. The Kier molecular flexibility index (Phi) is 6.33. The molecule has 30 heavy (non-hydrogen) atoms. The number of carbonyl (C=O) groups excluding carboxylic acids is 2. The normalized spacial score (nSPS) is 10.7. The summed E-state index contributed by atoms with van der Waals surface area (Å²) in [5.41, 5.74) is 1.84. The van der Waals surface area contributed by atoms with Crippen LogP contribution in [-0.2, 0) is 14.8 Å². The van der Waals surface area contributed by atoms with Crippen molar-refractivity contribution in [1.29, 1.82) is 0 Å². The number of urea groups is 1. The van der Waals surface area contributed by atoms with Gasteiger partial charge in [-0.1, -0.05) is 24.3 Å². The van der Waals surface area contributed by atoms with E-state index in [1.54, 1.807) is 42.5 Å². The molecule has 0 aliphatic rings. The predicted octanol–water partition coefficient (Wildman–Crippen LogP) is 4.09. The lowest BCUT2D eigenvalue weighted by Gasteiger charge is -2.11. The van der Waals surface area contributed by atoms with Crippen molar-refractivity contribution >= 4 is 44.7 Å². The fourth-order valence-electron chi connectivity index (χ4n) is 2.61. The number of carbonyl (C=O) groups is 2. The molecule has 3 amide bonds. The van der Waals surface area contributed by atoms with Gasteiger partial charge in [-0.2, -0.15) is 0 Å². The minimum atomic E-state index is -3.84. The zero-order valence-corrected chi connectivity index (χ0v) is 16.9. The van der Waals surface area contributed by atoms with Crippen LogP contribution in [0.15, 0.2) is 83.8 Å². The Balaban J connectivity index is 1.68. The zero-order valence-electron chi connectivity index (χ0n) is 16.0. The quantitative estimate of drug-likeness (QED) is 0.477. The highest BCUT2D eigenvalue weighted by Crippen LogP contribution is 2.21. The number of benzene rings is 3. The molecule has 0 heterocycles. The Bertz CT molecular complexity index is 1150. The third-order valence-corrected chi connectivity index (χ3v) is 5.29. The van der Waals surface area contributed by atoms with E-state index in [1.807, 2.05) is 6.07 Å². The van der Waals surface area contributed by atoms with Gasteiger partial charge in [0.15, 0.2) is 0 Å². The van der Waals surface area contributed by atoms with E-state index in [9.17, 15) is 18.0 Å². The third kappa shape index (κ3) is 5.82. The highest BCUT2D eigenvalue weighted by Gasteiger charge is 2.15.